The van der Waals surface area contributed by atoms with Gasteiger partial charge in [0.05, 0.1) is 12.7 Å². The molecule has 2 rings (SSSR count). The predicted molar refractivity (Wildman–Crippen MR) is 76.6 cm³/mol. The van der Waals surface area contributed by atoms with Crippen molar-refractivity contribution in [2.45, 2.75) is 32.3 Å². The van der Waals surface area contributed by atoms with Crippen molar-refractivity contribution >= 4 is 5.95 Å². The number of morpholine rings is 1. The first-order chi connectivity index (χ1) is 9.16. The first-order valence-electron chi connectivity index (χ1n) is 7.02. The molecule has 5 nitrogen and oxygen atoms in total. The molecule has 2 heterocycles. The molecule has 0 aliphatic carbocycles. The Balaban J connectivity index is 1.83. The summed E-state index contributed by atoms with van der Waals surface area (Å²) < 4.78 is 5.68. The topological polar surface area (TPSA) is 50.3 Å². The standard InChI is InChI=1S/C14H24N4O/c1-11(2)12-8-16-14(17-9-12)18(3)6-4-13-10-15-5-7-19-13/h8-9,11,13,15H,4-7,10H2,1-3H3. The van der Waals surface area contributed by atoms with Crippen LogP contribution in [0.2, 0.25) is 0 Å². The van der Waals surface area contributed by atoms with Crippen molar-refractivity contribution in [1.82, 2.24) is 15.3 Å². The van der Waals surface area contributed by atoms with Crippen LogP contribution in [0, 0.1) is 0 Å². The van der Waals surface area contributed by atoms with Gasteiger partial charge < -0.3 is 15.0 Å². The Hall–Kier alpha value is -1.20. The summed E-state index contributed by atoms with van der Waals surface area (Å²) in [5, 5.41) is 3.34. The summed E-state index contributed by atoms with van der Waals surface area (Å²) in [5.74, 6) is 1.26. The Morgan fingerprint density at radius 1 is 1.42 bits per heavy atom. The highest BCUT2D eigenvalue weighted by atomic mass is 16.5. The van der Waals surface area contributed by atoms with Gasteiger partial charge in [0, 0.05) is 39.1 Å². The minimum atomic E-state index is 0.311. The number of rotatable bonds is 5. The largest absolute Gasteiger partial charge is 0.376 e. The number of ether oxygens (including phenoxy) is 1. The summed E-state index contributed by atoms with van der Waals surface area (Å²) in [5.41, 5.74) is 1.18. The Morgan fingerprint density at radius 2 is 2.16 bits per heavy atom. The highest BCUT2D eigenvalue weighted by Crippen LogP contribution is 2.14. The molecule has 106 valence electrons. The molecule has 1 aliphatic heterocycles. The fourth-order valence-corrected chi connectivity index (χ4v) is 2.07. The maximum atomic E-state index is 5.68. The summed E-state index contributed by atoms with van der Waals surface area (Å²) in [4.78, 5) is 10.9. The van der Waals surface area contributed by atoms with Crippen LogP contribution in [0.5, 0.6) is 0 Å². The van der Waals surface area contributed by atoms with Gasteiger partial charge in [-0.25, -0.2) is 9.97 Å². The Labute approximate surface area is 115 Å². The first kappa shape index (κ1) is 14.2. The van der Waals surface area contributed by atoms with Crippen LogP contribution >= 0.6 is 0 Å². The molecule has 1 aromatic rings. The van der Waals surface area contributed by atoms with E-state index in [4.69, 9.17) is 4.74 Å². The third kappa shape index (κ3) is 4.14. The average molecular weight is 264 g/mol. The van der Waals surface area contributed by atoms with E-state index in [-0.39, 0.29) is 0 Å². The second kappa shape index (κ2) is 6.82. The second-order valence-electron chi connectivity index (χ2n) is 5.38. The van der Waals surface area contributed by atoms with E-state index in [0.717, 1.165) is 38.6 Å². The Morgan fingerprint density at radius 3 is 2.74 bits per heavy atom. The third-order valence-corrected chi connectivity index (χ3v) is 3.46. The van der Waals surface area contributed by atoms with Crippen LogP contribution < -0.4 is 10.2 Å². The monoisotopic (exact) mass is 264 g/mol. The van der Waals surface area contributed by atoms with Gasteiger partial charge in [0.15, 0.2) is 0 Å². The van der Waals surface area contributed by atoms with Crippen LogP contribution in [-0.2, 0) is 4.74 Å². The zero-order valence-corrected chi connectivity index (χ0v) is 12.1. The lowest BCUT2D eigenvalue weighted by molar-refractivity contribution is 0.0250. The lowest BCUT2D eigenvalue weighted by atomic mass is 10.1. The lowest BCUT2D eigenvalue weighted by Gasteiger charge is -2.26. The van der Waals surface area contributed by atoms with Crippen molar-refractivity contribution in [3.8, 4) is 0 Å². The number of hydrogen-bond donors (Lipinski definition) is 1. The zero-order valence-electron chi connectivity index (χ0n) is 12.1. The van der Waals surface area contributed by atoms with Gasteiger partial charge in [-0.1, -0.05) is 13.8 Å². The molecule has 1 unspecified atom stereocenters. The number of hydrogen-bond acceptors (Lipinski definition) is 5. The van der Waals surface area contributed by atoms with E-state index in [9.17, 15) is 0 Å². The van der Waals surface area contributed by atoms with Gasteiger partial charge in [-0.3, -0.25) is 0 Å². The van der Waals surface area contributed by atoms with E-state index >= 15 is 0 Å². The van der Waals surface area contributed by atoms with Gasteiger partial charge >= 0.3 is 0 Å². The molecular weight excluding hydrogens is 240 g/mol. The molecule has 1 N–H and O–H groups in total. The Kier molecular flexibility index (Phi) is 5.10. The summed E-state index contributed by atoms with van der Waals surface area (Å²) in [7, 11) is 2.03. The summed E-state index contributed by atoms with van der Waals surface area (Å²) in [6, 6.07) is 0. The van der Waals surface area contributed by atoms with E-state index in [1.807, 2.05) is 19.4 Å². The van der Waals surface area contributed by atoms with Crippen LogP contribution in [0.3, 0.4) is 0 Å². The SMILES string of the molecule is CC(C)c1cnc(N(C)CCC2CNCCO2)nc1. The Bertz CT molecular complexity index is 374. The summed E-state index contributed by atoms with van der Waals surface area (Å²) in [6.07, 6.45) is 5.15. The molecular formula is C14H24N4O. The van der Waals surface area contributed by atoms with E-state index < -0.39 is 0 Å². The number of nitrogens with one attached hydrogen (secondary N) is 1. The highest BCUT2D eigenvalue weighted by Gasteiger charge is 2.14. The number of anilines is 1. The second-order valence-corrected chi connectivity index (χ2v) is 5.38. The minimum Gasteiger partial charge on any atom is -0.376 e. The molecule has 1 aromatic heterocycles. The van der Waals surface area contributed by atoms with Gasteiger partial charge in [0.1, 0.15) is 0 Å². The van der Waals surface area contributed by atoms with Gasteiger partial charge in [-0.15, -0.1) is 0 Å². The van der Waals surface area contributed by atoms with Crippen molar-refractivity contribution in [2.75, 3.05) is 38.2 Å². The predicted octanol–water partition coefficient (Wildman–Crippen LogP) is 1.41. The summed E-state index contributed by atoms with van der Waals surface area (Å²) in [6.45, 7) is 7.93. The third-order valence-electron chi connectivity index (χ3n) is 3.46. The first-order valence-corrected chi connectivity index (χ1v) is 7.02. The molecule has 0 radical (unpaired) electrons. The molecule has 0 bridgehead atoms. The lowest BCUT2D eigenvalue weighted by Crippen LogP contribution is -2.40. The average Bonchev–Trinajstić information content (AvgIpc) is 2.46. The van der Waals surface area contributed by atoms with Crippen LogP contribution in [0.25, 0.3) is 0 Å². The van der Waals surface area contributed by atoms with E-state index in [1.54, 1.807) is 0 Å². The van der Waals surface area contributed by atoms with Crippen molar-refractivity contribution in [1.29, 1.82) is 0 Å². The fourth-order valence-electron chi connectivity index (χ4n) is 2.07. The minimum absolute atomic E-state index is 0.311. The van der Waals surface area contributed by atoms with Gasteiger partial charge in [0.2, 0.25) is 5.95 Å². The molecule has 1 aliphatic rings. The quantitative estimate of drug-likeness (QED) is 0.871. The van der Waals surface area contributed by atoms with Crippen molar-refractivity contribution in [2.24, 2.45) is 0 Å². The molecule has 1 atom stereocenters. The molecule has 0 spiro atoms. The zero-order chi connectivity index (χ0) is 13.7. The van der Waals surface area contributed by atoms with Gasteiger partial charge in [-0.2, -0.15) is 0 Å². The van der Waals surface area contributed by atoms with E-state index in [0.29, 0.717) is 12.0 Å². The maximum Gasteiger partial charge on any atom is 0.224 e. The van der Waals surface area contributed by atoms with Crippen molar-refractivity contribution in [3.63, 3.8) is 0 Å². The maximum absolute atomic E-state index is 5.68. The van der Waals surface area contributed by atoms with E-state index in [2.05, 4.69) is 34.0 Å². The van der Waals surface area contributed by atoms with Crippen LogP contribution in [-0.4, -0.2) is 49.4 Å². The van der Waals surface area contributed by atoms with Crippen LogP contribution in [0.15, 0.2) is 12.4 Å². The van der Waals surface area contributed by atoms with E-state index in [1.165, 1.54) is 5.56 Å². The fraction of sp³-hybridized carbons (Fsp3) is 0.714. The number of nitrogens with zero attached hydrogens (tertiary/aromatic N) is 3. The van der Waals surface area contributed by atoms with Crippen molar-refractivity contribution in [3.05, 3.63) is 18.0 Å². The smallest absolute Gasteiger partial charge is 0.224 e. The number of aromatic nitrogens is 2. The molecule has 0 aromatic carbocycles. The van der Waals surface area contributed by atoms with Gasteiger partial charge in [0.25, 0.3) is 0 Å². The normalized spacial score (nSPS) is 19.7. The van der Waals surface area contributed by atoms with Crippen LogP contribution in [0.4, 0.5) is 5.95 Å². The molecule has 0 amide bonds. The molecule has 19 heavy (non-hydrogen) atoms. The molecule has 1 saturated heterocycles. The summed E-state index contributed by atoms with van der Waals surface area (Å²) >= 11 is 0. The van der Waals surface area contributed by atoms with Crippen molar-refractivity contribution < 1.29 is 4.74 Å². The van der Waals surface area contributed by atoms with Crippen LogP contribution in [0.1, 0.15) is 31.7 Å². The molecule has 5 heteroatoms. The van der Waals surface area contributed by atoms with Gasteiger partial charge in [-0.05, 0) is 17.9 Å². The molecule has 1 fully saturated rings. The highest BCUT2D eigenvalue weighted by molar-refractivity contribution is 5.28. The molecule has 0 saturated carbocycles.